The minimum atomic E-state index is -0.238. The van der Waals surface area contributed by atoms with Crippen LogP contribution in [0.25, 0.3) is 0 Å². The van der Waals surface area contributed by atoms with Crippen molar-refractivity contribution in [3.8, 4) is 0 Å². The molecule has 2 atom stereocenters. The average molecular weight is 372 g/mol. The molecule has 1 aromatic carbocycles. The lowest BCUT2D eigenvalue weighted by molar-refractivity contribution is -0.125. The predicted molar refractivity (Wildman–Crippen MR) is 102 cm³/mol. The second-order valence-corrected chi connectivity index (χ2v) is 7.41. The van der Waals surface area contributed by atoms with Gasteiger partial charge in [-0.2, -0.15) is 0 Å². The van der Waals surface area contributed by atoms with Gasteiger partial charge in [0, 0.05) is 36.1 Å². The number of aryl methyl sites for hydroxylation is 1. The lowest BCUT2D eigenvalue weighted by atomic mass is 10.1. The third-order valence-electron chi connectivity index (χ3n) is 4.62. The first-order valence-electron chi connectivity index (χ1n) is 8.85. The Morgan fingerprint density at radius 1 is 1.31 bits per heavy atom. The molecule has 1 fully saturated rings. The van der Waals surface area contributed by atoms with Gasteiger partial charge in [-0.3, -0.25) is 14.5 Å². The van der Waals surface area contributed by atoms with Crippen molar-refractivity contribution in [2.45, 2.75) is 38.9 Å². The van der Waals surface area contributed by atoms with E-state index in [0.717, 1.165) is 10.6 Å². The van der Waals surface area contributed by atoms with Crippen molar-refractivity contribution in [2.24, 2.45) is 0 Å². The van der Waals surface area contributed by atoms with Gasteiger partial charge in [-0.05, 0) is 32.4 Å². The van der Waals surface area contributed by atoms with E-state index in [1.165, 1.54) is 0 Å². The van der Waals surface area contributed by atoms with Crippen LogP contribution in [0.5, 0.6) is 0 Å². The molecule has 138 valence electrons. The van der Waals surface area contributed by atoms with E-state index in [1.54, 1.807) is 23.5 Å². The van der Waals surface area contributed by atoms with Crippen LogP contribution in [0.1, 0.15) is 34.3 Å². The number of hydrogen-bond acceptors (Lipinski definition) is 5. The van der Waals surface area contributed by atoms with Gasteiger partial charge >= 0.3 is 0 Å². The number of nitrogens with zero attached hydrogens (tertiary/aromatic N) is 2. The van der Waals surface area contributed by atoms with Crippen LogP contribution in [0.2, 0.25) is 0 Å². The lowest BCUT2D eigenvalue weighted by Crippen LogP contribution is -2.42. The molecule has 2 heterocycles. The van der Waals surface area contributed by atoms with Crippen LogP contribution in [0.3, 0.4) is 0 Å². The van der Waals surface area contributed by atoms with Gasteiger partial charge in [0.1, 0.15) is 0 Å². The number of nitrogens with one attached hydrogen (secondary N) is 2. The quantitative estimate of drug-likeness (QED) is 0.813. The summed E-state index contributed by atoms with van der Waals surface area (Å²) in [4.78, 5) is 32.5. The molecule has 6 nitrogen and oxygen atoms in total. The van der Waals surface area contributed by atoms with Gasteiger partial charge in [0.15, 0.2) is 0 Å². The molecule has 0 spiro atoms. The van der Waals surface area contributed by atoms with E-state index in [-0.39, 0.29) is 23.9 Å². The van der Waals surface area contributed by atoms with E-state index < -0.39 is 0 Å². The molecule has 0 radical (unpaired) electrons. The molecule has 2 N–H and O–H groups in total. The van der Waals surface area contributed by atoms with Crippen molar-refractivity contribution in [3.63, 3.8) is 0 Å². The fraction of sp³-hybridized carbons (Fsp3) is 0.421. The summed E-state index contributed by atoms with van der Waals surface area (Å²) in [7, 11) is 0. The maximum Gasteiger partial charge on any atom is 0.251 e. The van der Waals surface area contributed by atoms with Crippen LogP contribution < -0.4 is 10.6 Å². The number of thiazole rings is 1. The van der Waals surface area contributed by atoms with Crippen LogP contribution in [0.4, 0.5) is 0 Å². The Hall–Kier alpha value is -2.25. The number of carbonyl (C=O) groups excluding carboxylic acids is 2. The summed E-state index contributed by atoms with van der Waals surface area (Å²) in [6.07, 6.45) is 0.613. The van der Waals surface area contributed by atoms with Crippen molar-refractivity contribution in [3.05, 3.63) is 52.0 Å². The van der Waals surface area contributed by atoms with Crippen LogP contribution in [0.15, 0.2) is 35.8 Å². The van der Waals surface area contributed by atoms with Gasteiger partial charge in [0.25, 0.3) is 5.91 Å². The number of likely N-dealkylation sites (tertiary alicyclic amines) is 1. The Kier molecular flexibility index (Phi) is 6.00. The van der Waals surface area contributed by atoms with E-state index in [9.17, 15) is 9.59 Å². The Labute approximate surface area is 157 Å². The first kappa shape index (κ1) is 18.5. The van der Waals surface area contributed by atoms with Crippen molar-refractivity contribution in [1.82, 2.24) is 20.5 Å². The van der Waals surface area contributed by atoms with E-state index in [4.69, 9.17) is 0 Å². The van der Waals surface area contributed by atoms with Crippen molar-refractivity contribution in [2.75, 3.05) is 13.1 Å². The topological polar surface area (TPSA) is 74.3 Å². The highest BCUT2D eigenvalue weighted by molar-refractivity contribution is 7.09. The van der Waals surface area contributed by atoms with Gasteiger partial charge in [-0.25, -0.2) is 4.98 Å². The SMILES string of the molecule is CCNC(=O)C1CC(NC(=O)c2ccccc2)CN1Cc1scnc1C. The summed E-state index contributed by atoms with van der Waals surface area (Å²) in [5, 5.41) is 5.99. The van der Waals surface area contributed by atoms with Crippen LogP contribution in [-0.2, 0) is 11.3 Å². The second-order valence-electron chi connectivity index (χ2n) is 6.47. The fourth-order valence-corrected chi connectivity index (χ4v) is 4.07. The van der Waals surface area contributed by atoms with Gasteiger partial charge in [-0.1, -0.05) is 18.2 Å². The predicted octanol–water partition coefficient (Wildman–Crippen LogP) is 1.96. The molecule has 2 aromatic rings. The Bertz CT molecular complexity index is 762. The van der Waals surface area contributed by atoms with E-state index in [2.05, 4.69) is 20.5 Å². The van der Waals surface area contributed by atoms with Crippen molar-refractivity contribution < 1.29 is 9.59 Å². The molecule has 0 saturated carbocycles. The average Bonchev–Trinajstić information content (AvgIpc) is 3.22. The highest BCUT2D eigenvalue weighted by Gasteiger charge is 2.37. The van der Waals surface area contributed by atoms with Gasteiger partial charge in [0.2, 0.25) is 5.91 Å². The van der Waals surface area contributed by atoms with E-state index >= 15 is 0 Å². The maximum atomic E-state index is 12.5. The zero-order valence-electron chi connectivity index (χ0n) is 15.1. The Balaban J connectivity index is 1.70. The number of benzene rings is 1. The summed E-state index contributed by atoms with van der Waals surface area (Å²) in [5.41, 5.74) is 3.47. The largest absolute Gasteiger partial charge is 0.355 e. The molecular weight excluding hydrogens is 348 g/mol. The smallest absolute Gasteiger partial charge is 0.251 e. The Morgan fingerprint density at radius 2 is 2.08 bits per heavy atom. The minimum absolute atomic E-state index is 0.0196. The molecule has 1 aliphatic rings. The zero-order valence-corrected chi connectivity index (χ0v) is 15.9. The standard InChI is InChI=1S/C19H24N4O2S/c1-3-20-19(25)16-9-15(22-18(24)14-7-5-4-6-8-14)10-23(16)11-17-13(2)21-12-26-17/h4-8,12,15-16H,3,9-11H2,1-2H3,(H,20,25)(H,22,24). The van der Waals surface area contributed by atoms with Crippen LogP contribution >= 0.6 is 11.3 Å². The number of amides is 2. The zero-order chi connectivity index (χ0) is 18.5. The first-order chi connectivity index (χ1) is 12.6. The van der Waals surface area contributed by atoms with E-state index in [1.807, 2.05) is 37.6 Å². The molecule has 1 aromatic heterocycles. The number of carbonyl (C=O) groups is 2. The van der Waals surface area contributed by atoms with Crippen molar-refractivity contribution in [1.29, 1.82) is 0 Å². The molecule has 2 amide bonds. The molecule has 0 aliphatic carbocycles. The highest BCUT2D eigenvalue weighted by Crippen LogP contribution is 2.24. The molecule has 26 heavy (non-hydrogen) atoms. The normalized spacial score (nSPS) is 20.1. The third kappa shape index (κ3) is 4.28. The second kappa shape index (κ2) is 8.42. The molecular formula is C19H24N4O2S. The number of rotatable bonds is 6. The Morgan fingerprint density at radius 3 is 2.73 bits per heavy atom. The lowest BCUT2D eigenvalue weighted by Gasteiger charge is -2.22. The molecule has 1 saturated heterocycles. The summed E-state index contributed by atoms with van der Waals surface area (Å²) in [5.74, 6) is -0.0767. The molecule has 2 unspecified atom stereocenters. The number of hydrogen-bond donors (Lipinski definition) is 2. The van der Waals surface area contributed by atoms with Gasteiger partial charge < -0.3 is 10.6 Å². The van der Waals surface area contributed by atoms with Crippen LogP contribution in [0, 0.1) is 6.92 Å². The van der Waals surface area contributed by atoms with Gasteiger partial charge in [-0.15, -0.1) is 11.3 Å². The van der Waals surface area contributed by atoms with Gasteiger partial charge in [0.05, 0.1) is 17.2 Å². The van der Waals surface area contributed by atoms with E-state index in [0.29, 0.717) is 31.6 Å². The first-order valence-corrected chi connectivity index (χ1v) is 9.73. The maximum absolute atomic E-state index is 12.5. The van der Waals surface area contributed by atoms with Crippen molar-refractivity contribution >= 4 is 23.2 Å². The fourth-order valence-electron chi connectivity index (χ4n) is 3.27. The molecule has 0 bridgehead atoms. The number of aromatic nitrogens is 1. The molecule has 3 rings (SSSR count). The monoisotopic (exact) mass is 372 g/mol. The highest BCUT2D eigenvalue weighted by atomic mass is 32.1. The molecule has 1 aliphatic heterocycles. The summed E-state index contributed by atoms with van der Waals surface area (Å²) < 4.78 is 0. The summed E-state index contributed by atoms with van der Waals surface area (Å²) in [6.45, 7) is 5.83. The third-order valence-corrected chi connectivity index (χ3v) is 5.54. The van der Waals surface area contributed by atoms with Crippen LogP contribution in [-0.4, -0.2) is 46.9 Å². The molecule has 7 heteroatoms. The summed E-state index contributed by atoms with van der Waals surface area (Å²) >= 11 is 1.60. The minimum Gasteiger partial charge on any atom is -0.355 e. The summed E-state index contributed by atoms with van der Waals surface area (Å²) in [6, 6.07) is 8.88. The number of likely N-dealkylation sites (N-methyl/N-ethyl adjacent to an activating group) is 1.